The largest absolute Gasteiger partial charge is 0.342 e. The van der Waals surface area contributed by atoms with Crippen LogP contribution in [0, 0.1) is 25.7 Å². The number of amides is 2. The van der Waals surface area contributed by atoms with Gasteiger partial charge in [-0.3, -0.25) is 9.59 Å². The lowest BCUT2D eigenvalue weighted by Crippen LogP contribution is -2.37. The molecule has 1 heterocycles. The third-order valence-corrected chi connectivity index (χ3v) is 6.12. The number of carbonyl (C=O) groups is 2. The molecule has 1 aliphatic carbocycles. The molecule has 2 fully saturated rings. The Morgan fingerprint density at radius 3 is 2.62 bits per heavy atom. The van der Waals surface area contributed by atoms with Crippen molar-refractivity contribution >= 4 is 21.8 Å². The second kappa shape index (κ2) is 6.20. The average Bonchev–Trinajstić information content (AvgIpc) is 3.21. The molecular formula is C17H22N2O4S. The van der Waals surface area contributed by atoms with Gasteiger partial charge < -0.3 is 4.90 Å². The molecule has 0 radical (unpaired) electrons. The number of likely N-dealkylation sites (tertiary alicyclic amines) is 1. The molecule has 130 valence electrons. The Morgan fingerprint density at radius 1 is 1.29 bits per heavy atom. The number of nitrogens with one attached hydrogen (secondary N) is 1. The van der Waals surface area contributed by atoms with E-state index in [1.54, 1.807) is 24.0 Å². The van der Waals surface area contributed by atoms with Gasteiger partial charge in [-0.2, -0.15) is 0 Å². The molecule has 1 aromatic rings. The summed E-state index contributed by atoms with van der Waals surface area (Å²) in [6, 6.07) is 4.96. The molecule has 1 saturated carbocycles. The van der Waals surface area contributed by atoms with E-state index in [1.165, 1.54) is 6.07 Å². The van der Waals surface area contributed by atoms with Crippen molar-refractivity contribution in [3.63, 3.8) is 0 Å². The van der Waals surface area contributed by atoms with E-state index in [2.05, 4.69) is 4.72 Å². The van der Waals surface area contributed by atoms with Gasteiger partial charge in [0.15, 0.2) is 0 Å². The van der Waals surface area contributed by atoms with Crippen molar-refractivity contribution in [3.05, 3.63) is 29.3 Å². The van der Waals surface area contributed by atoms with Gasteiger partial charge in [-0.25, -0.2) is 13.1 Å². The van der Waals surface area contributed by atoms with Crippen LogP contribution in [0.5, 0.6) is 0 Å². The molecule has 1 saturated heterocycles. The number of sulfonamides is 1. The first-order chi connectivity index (χ1) is 11.3. The van der Waals surface area contributed by atoms with E-state index in [-0.39, 0.29) is 17.2 Å². The van der Waals surface area contributed by atoms with E-state index in [4.69, 9.17) is 0 Å². The smallest absolute Gasteiger partial charge is 0.264 e. The fourth-order valence-electron chi connectivity index (χ4n) is 3.11. The van der Waals surface area contributed by atoms with Crippen LogP contribution in [-0.4, -0.2) is 38.2 Å². The normalized spacial score (nSPS) is 21.2. The van der Waals surface area contributed by atoms with Crippen LogP contribution in [-0.2, 0) is 19.6 Å². The molecule has 0 bridgehead atoms. The van der Waals surface area contributed by atoms with Gasteiger partial charge in [0, 0.05) is 19.5 Å². The third-order valence-electron chi connectivity index (χ3n) is 4.62. The Bertz CT molecular complexity index is 784. The fourth-order valence-corrected chi connectivity index (χ4v) is 4.38. The van der Waals surface area contributed by atoms with E-state index in [1.807, 2.05) is 6.92 Å². The highest BCUT2D eigenvalue weighted by Gasteiger charge is 2.38. The molecule has 0 aromatic heterocycles. The minimum atomic E-state index is -3.92. The summed E-state index contributed by atoms with van der Waals surface area (Å²) in [6.07, 6.45) is 2.34. The van der Waals surface area contributed by atoms with Crippen molar-refractivity contribution < 1.29 is 18.0 Å². The van der Waals surface area contributed by atoms with Crippen LogP contribution in [0.2, 0.25) is 0 Å². The highest BCUT2D eigenvalue weighted by atomic mass is 32.2. The molecule has 24 heavy (non-hydrogen) atoms. The van der Waals surface area contributed by atoms with Crippen LogP contribution >= 0.6 is 0 Å². The Labute approximate surface area is 142 Å². The van der Waals surface area contributed by atoms with Crippen LogP contribution in [0.1, 0.15) is 30.4 Å². The molecule has 3 rings (SSSR count). The van der Waals surface area contributed by atoms with Crippen molar-refractivity contribution in [1.82, 2.24) is 9.62 Å². The topological polar surface area (TPSA) is 83.5 Å². The molecule has 1 aliphatic heterocycles. The number of hydrogen-bond acceptors (Lipinski definition) is 4. The minimum Gasteiger partial charge on any atom is -0.342 e. The number of aryl methyl sites for hydroxylation is 2. The molecule has 6 nitrogen and oxygen atoms in total. The first-order valence-corrected chi connectivity index (χ1v) is 9.66. The zero-order valence-electron chi connectivity index (χ0n) is 13.9. The van der Waals surface area contributed by atoms with Gasteiger partial charge in [0.1, 0.15) is 0 Å². The Morgan fingerprint density at radius 2 is 2.00 bits per heavy atom. The Hall–Kier alpha value is -1.89. The maximum absolute atomic E-state index is 12.5. The quantitative estimate of drug-likeness (QED) is 0.869. The molecular weight excluding hydrogens is 328 g/mol. The summed E-state index contributed by atoms with van der Waals surface area (Å²) in [7, 11) is -3.92. The summed E-state index contributed by atoms with van der Waals surface area (Å²) in [5, 5.41) is 0. The summed E-state index contributed by atoms with van der Waals surface area (Å²) in [6.45, 7) is 4.57. The molecule has 2 amide bonds. The average molecular weight is 350 g/mol. The van der Waals surface area contributed by atoms with Crippen LogP contribution in [0.3, 0.4) is 0 Å². The summed E-state index contributed by atoms with van der Waals surface area (Å²) < 4.78 is 27.0. The maximum atomic E-state index is 12.5. The van der Waals surface area contributed by atoms with Gasteiger partial charge in [0.05, 0.1) is 10.8 Å². The zero-order chi connectivity index (χ0) is 17.5. The van der Waals surface area contributed by atoms with Crippen molar-refractivity contribution in [1.29, 1.82) is 0 Å². The minimum absolute atomic E-state index is 0.0639. The fraction of sp³-hybridized carbons (Fsp3) is 0.529. The van der Waals surface area contributed by atoms with Crippen molar-refractivity contribution in [2.24, 2.45) is 11.8 Å². The molecule has 7 heteroatoms. The molecule has 2 aliphatic rings. The van der Waals surface area contributed by atoms with Crippen LogP contribution in [0.4, 0.5) is 0 Å². The second-order valence-corrected chi connectivity index (χ2v) is 8.53. The van der Waals surface area contributed by atoms with E-state index >= 15 is 0 Å². The monoisotopic (exact) mass is 350 g/mol. The molecule has 1 unspecified atom stereocenters. The molecule has 1 aromatic carbocycles. The lowest BCUT2D eigenvalue weighted by atomic mass is 10.1. The van der Waals surface area contributed by atoms with Gasteiger partial charge in [-0.15, -0.1) is 0 Å². The predicted octanol–water partition coefficient (Wildman–Crippen LogP) is 1.37. The highest BCUT2D eigenvalue weighted by Crippen LogP contribution is 2.32. The number of hydrogen-bond donors (Lipinski definition) is 1. The SMILES string of the molecule is Cc1ccc(S(=O)(=O)NC(=O)C2CC(=O)N(CC3CC3)C2)c(C)c1. The van der Waals surface area contributed by atoms with Crippen molar-refractivity contribution in [2.75, 3.05) is 13.1 Å². The summed E-state index contributed by atoms with van der Waals surface area (Å²) in [5.41, 5.74) is 1.54. The van der Waals surface area contributed by atoms with Gasteiger partial charge in [-0.05, 0) is 44.2 Å². The number of nitrogens with zero attached hydrogens (tertiary/aromatic N) is 1. The van der Waals surface area contributed by atoms with Gasteiger partial charge >= 0.3 is 0 Å². The highest BCUT2D eigenvalue weighted by molar-refractivity contribution is 7.90. The standard InChI is InChI=1S/C17H22N2O4S/c1-11-3-6-15(12(2)7-11)24(22,23)18-17(21)14-8-16(20)19(10-14)9-13-4-5-13/h3,6-7,13-14H,4-5,8-10H2,1-2H3,(H,18,21). The zero-order valence-corrected chi connectivity index (χ0v) is 14.7. The van der Waals surface area contributed by atoms with E-state index < -0.39 is 21.8 Å². The van der Waals surface area contributed by atoms with Crippen molar-refractivity contribution in [3.8, 4) is 0 Å². The van der Waals surface area contributed by atoms with Gasteiger partial charge in [0.25, 0.3) is 10.0 Å². The van der Waals surface area contributed by atoms with Crippen LogP contribution in [0.25, 0.3) is 0 Å². The Kier molecular flexibility index (Phi) is 4.38. The maximum Gasteiger partial charge on any atom is 0.264 e. The first-order valence-electron chi connectivity index (χ1n) is 8.18. The lowest BCUT2D eigenvalue weighted by Gasteiger charge is -2.16. The summed E-state index contributed by atoms with van der Waals surface area (Å²) in [4.78, 5) is 26.1. The van der Waals surface area contributed by atoms with Crippen LogP contribution in [0.15, 0.2) is 23.1 Å². The van der Waals surface area contributed by atoms with Crippen molar-refractivity contribution in [2.45, 2.75) is 38.0 Å². The Balaban J connectivity index is 1.68. The van der Waals surface area contributed by atoms with Gasteiger partial charge in [-0.1, -0.05) is 17.7 Å². The number of benzene rings is 1. The summed E-state index contributed by atoms with van der Waals surface area (Å²) >= 11 is 0. The van der Waals surface area contributed by atoms with E-state index in [0.717, 1.165) is 18.4 Å². The molecule has 1 N–H and O–H groups in total. The number of carbonyl (C=O) groups excluding carboxylic acids is 2. The second-order valence-electron chi connectivity index (χ2n) is 6.88. The summed E-state index contributed by atoms with van der Waals surface area (Å²) in [5.74, 6) is -0.709. The molecule has 0 spiro atoms. The lowest BCUT2D eigenvalue weighted by molar-refractivity contribution is -0.128. The number of rotatable bonds is 5. The van der Waals surface area contributed by atoms with Gasteiger partial charge in [0.2, 0.25) is 11.8 Å². The molecule has 1 atom stereocenters. The van der Waals surface area contributed by atoms with E-state index in [9.17, 15) is 18.0 Å². The first kappa shape index (κ1) is 17.0. The third kappa shape index (κ3) is 3.61. The van der Waals surface area contributed by atoms with Crippen LogP contribution < -0.4 is 4.72 Å². The van der Waals surface area contributed by atoms with E-state index in [0.29, 0.717) is 24.6 Å². The predicted molar refractivity (Wildman–Crippen MR) is 88.7 cm³/mol.